The quantitative estimate of drug-likeness (QED) is 0.724. The van der Waals surface area contributed by atoms with Crippen LogP contribution in [0.15, 0.2) is 30.6 Å². The number of nitrogens with zero attached hydrogens (tertiary/aromatic N) is 3. The van der Waals surface area contributed by atoms with E-state index < -0.39 is 0 Å². The minimum atomic E-state index is 0.378. The molecule has 0 aliphatic carbocycles. The predicted molar refractivity (Wildman–Crippen MR) is 99.5 cm³/mol. The van der Waals surface area contributed by atoms with Crippen molar-refractivity contribution in [1.82, 2.24) is 14.9 Å². The Bertz CT molecular complexity index is 706. The Morgan fingerprint density at radius 2 is 1.85 bits per heavy atom. The van der Waals surface area contributed by atoms with Gasteiger partial charge in [0.2, 0.25) is 0 Å². The van der Waals surface area contributed by atoms with Gasteiger partial charge in [-0.1, -0.05) is 6.07 Å². The van der Waals surface area contributed by atoms with Gasteiger partial charge in [-0.05, 0) is 37.1 Å². The molecular formula is C20H27N3O3. The number of aromatic nitrogens is 2. The Morgan fingerprint density at radius 1 is 1.08 bits per heavy atom. The van der Waals surface area contributed by atoms with Crippen molar-refractivity contribution in [3.8, 4) is 11.5 Å². The van der Waals surface area contributed by atoms with Crippen molar-refractivity contribution in [3.05, 3.63) is 47.5 Å². The van der Waals surface area contributed by atoms with Crippen molar-refractivity contribution >= 4 is 0 Å². The molecule has 6 heteroatoms. The first-order valence-corrected chi connectivity index (χ1v) is 9.00. The van der Waals surface area contributed by atoms with Crippen LogP contribution in [0.1, 0.15) is 35.8 Å². The van der Waals surface area contributed by atoms with E-state index in [1.807, 2.05) is 18.5 Å². The van der Waals surface area contributed by atoms with E-state index in [0.29, 0.717) is 12.6 Å². The molecule has 0 N–H and O–H groups in total. The van der Waals surface area contributed by atoms with E-state index in [4.69, 9.17) is 14.2 Å². The van der Waals surface area contributed by atoms with Crippen molar-refractivity contribution in [3.63, 3.8) is 0 Å². The topological polar surface area (TPSA) is 56.7 Å². The zero-order chi connectivity index (χ0) is 18.4. The van der Waals surface area contributed by atoms with Gasteiger partial charge in [0.1, 0.15) is 5.82 Å². The molecule has 140 valence electrons. The number of hydrogen-bond donors (Lipinski definition) is 0. The predicted octanol–water partition coefficient (Wildman–Crippen LogP) is 3.02. The van der Waals surface area contributed by atoms with Gasteiger partial charge in [-0.2, -0.15) is 0 Å². The molecule has 2 aromatic rings. The number of rotatable bonds is 8. The lowest BCUT2D eigenvalue weighted by atomic mass is 10.0. The fourth-order valence-electron chi connectivity index (χ4n) is 3.47. The lowest BCUT2D eigenvalue weighted by Crippen LogP contribution is -2.23. The summed E-state index contributed by atoms with van der Waals surface area (Å²) in [7, 11) is 5.03. The first kappa shape index (κ1) is 18.6. The van der Waals surface area contributed by atoms with Gasteiger partial charge in [0.05, 0.1) is 20.8 Å². The number of ether oxygens (including phenoxy) is 3. The third-order valence-electron chi connectivity index (χ3n) is 4.83. The summed E-state index contributed by atoms with van der Waals surface area (Å²) in [5.41, 5.74) is 2.40. The van der Waals surface area contributed by atoms with E-state index in [0.717, 1.165) is 48.8 Å². The van der Waals surface area contributed by atoms with E-state index >= 15 is 0 Å². The minimum Gasteiger partial charge on any atom is -0.493 e. The summed E-state index contributed by atoms with van der Waals surface area (Å²) in [6.07, 6.45) is 6.94. The fourth-order valence-corrected chi connectivity index (χ4v) is 3.47. The van der Waals surface area contributed by atoms with Crippen LogP contribution < -0.4 is 9.47 Å². The zero-order valence-corrected chi connectivity index (χ0v) is 15.8. The molecule has 6 nitrogen and oxygen atoms in total. The molecule has 1 aliphatic heterocycles. The average molecular weight is 357 g/mol. The first-order valence-electron chi connectivity index (χ1n) is 9.00. The molecule has 0 amide bonds. The summed E-state index contributed by atoms with van der Waals surface area (Å²) >= 11 is 0. The van der Waals surface area contributed by atoms with E-state index in [2.05, 4.69) is 27.0 Å². The van der Waals surface area contributed by atoms with Crippen molar-refractivity contribution in [2.75, 3.05) is 34.5 Å². The van der Waals surface area contributed by atoms with Gasteiger partial charge in [0, 0.05) is 44.1 Å². The summed E-state index contributed by atoms with van der Waals surface area (Å²) in [6, 6.07) is 6.59. The molecule has 0 bridgehead atoms. The second-order valence-corrected chi connectivity index (χ2v) is 6.49. The number of hydrogen-bond acceptors (Lipinski definition) is 6. The van der Waals surface area contributed by atoms with Crippen LogP contribution in [0.25, 0.3) is 0 Å². The van der Waals surface area contributed by atoms with Gasteiger partial charge in [-0.25, -0.2) is 9.97 Å². The van der Waals surface area contributed by atoms with Gasteiger partial charge < -0.3 is 14.2 Å². The molecule has 26 heavy (non-hydrogen) atoms. The van der Waals surface area contributed by atoms with Gasteiger partial charge >= 0.3 is 0 Å². The molecule has 1 aromatic carbocycles. The molecule has 2 heterocycles. The number of benzene rings is 1. The van der Waals surface area contributed by atoms with Crippen molar-refractivity contribution < 1.29 is 14.2 Å². The van der Waals surface area contributed by atoms with Crippen molar-refractivity contribution in [1.29, 1.82) is 0 Å². The third-order valence-corrected chi connectivity index (χ3v) is 4.83. The Morgan fingerprint density at radius 3 is 2.54 bits per heavy atom. The average Bonchev–Trinajstić information content (AvgIpc) is 3.15. The Balaban J connectivity index is 1.70. The third kappa shape index (κ3) is 4.31. The lowest BCUT2D eigenvalue weighted by Gasteiger charge is -2.25. The monoisotopic (exact) mass is 357 g/mol. The Kier molecular flexibility index (Phi) is 6.41. The zero-order valence-electron chi connectivity index (χ0n) is 15.8. The molecule has 1 fully saturated rings. The van der Waals surface area contributed by atoms with Gasteiger partial charge in [0.15, 0.2) is 11.5 Å². The van der Waals surface area contributed by atoms with Crippen LogP contribution in [-0.2, 0) is 17.7 Å². The summed E-state index contributed by atoms with van der Waals surface area (Å²) in [5, 5.41) is 0. The molecule has 1 atom stereocenters. The second-order valence-electron chi connectivity index (χ2n) is 6.49. The number of likely N-dealkylation sites (tertiary alicyclic amines) is 1. The van der Waals surface area contributed by atoms with Crippen LogP contribution in [0.2, 0.25) is 0 Å². The van der Waals surface area contributed by atoms with Crippen LogP contribution in [0.4, 0.5) is 0 Å². The summed E-state index contributed by atoms with van der Waals surface area (Å²) in [5.74, 6) is 2.37. The lowest BCUT2D eigenvalue weighted by molar-refractivity contribution is 0.200. The largest absolute Gasteiger partial charge is 0.493 e. The van der Waals surface area contributed by atoms with Crippen LogP contribution in [0, 0.1) is 0 Å². The molecule has 1 saturated heterocycles. The second kappa shape index (κ2) is 8.96. The smallest absolute Gasteiger partial charge is 0.161 e. The first-order chi connectivity index (χ1) is 12.7. The highest BCUT2D eigenvalue weighted by molar-refractivity contribution is 5.44. The Labute approximate surface area is 155 Å². The maximum Gasteiger partial charge on any atom is 0.161 e. The fraction of sp³-hybridized carbons (Fsp3) is 0.500. The summed E-state index contributed by atoms with van der Waals surface area (Å²) in [6.45, 7) is 2.57. The Hall–Kier alpha value is -2.18. The molecule has 0 radical (unpaired) electrons. The van der Waals surface area contributed by atoms with E-state index in [-0.39, 0.29) is 0 Å². The van der Waals surface area contributed by atoms with Crippen LogP contribution in [-0.4, -0.2) is 49.3 Å². The molecule has 0 unspecified atom stereocenters. The number of methoxy groups -OCH3 is 3. The highest BCUT2D eigenvalue weighted by Gasteiger charge is 2.27. The van der Waals surface area contributed by atoms with Crippen molar-refractivity contribution in [2.45, 2.75) is 31.8 Å². The maximum absolute atomic E-state index is 5.46. The highest BCUT2D eigenvalue weighted by atomic mass is 16.5. The van der Waals surface area contributed by atoms with Crippen LogP contribution >= 0.6 is 0 Å². The van der Waals surface area contributed by atoms with E-state index in [9.17, 15) is 0 Å². The molecule has 0 spiro atoms. The van der Waals surface area contributed by atoms with Crippen molar-refractivity contribution in [2.24, 2.45) is 0 Å². The molecular weight excluding hydrogens is 330 g/mol. The molecule has 0 saturated carbocycles. The normalized spacial score (nSPS) is 17.4. The van der Waals surface area contributed by atoms with Gasteiger partial charge in [-0.3, -0.25) is 4.90 Å². The molecule has 1 aliphatic rings. The van der Waals surface area contributed by atoms with Crippen LogP contribution in [0.3, 0.4) is 0 Å². The van der Waals surface area contributed by atoms with Gasteiger partial charge in [-0.15, -0.1) is 0 Å². The van der Waals surface area contributed by atoms with E-state index in [1.165, 1.54) is 12.0 Å². The minimum absolute atomic E-state index is 0.378. The van der Waals surface area contributed by atoms with Gasteiger partial charge in [0.25, 0.3) is 0 Å². The SMILES string of the molecule is COCCc1ncc(CN2CCC[C@@H]2c2ccc(OC)c(OC)c2)cn1. The summed E-state index contributed by atoms with van der Waals surface area (Å²) in [4.78, 5) is 11.4. The maximum atomic E-state index is 5.46. The van der Waals surface area contributed by atoms with E-state index in [1.54, 1.807) is 21.3 Å². The molecule has 3 rings (SSSR count). The molecule has 1 aromatic heterocycles. The standard InChI is InChI=1S/C20H27N3O3/c1-24-10-8-20-21-12-15(13-22-20)14-23-9-4-5-17(23)16-6-7-18(25-2)19(11-16)26-3/h6-7,11-13,17H,4-5,8-10,14H2,1-3H3/t17-/m1/s1. The highest BCUT2D eigenvalue weighted by Crippen LogP contribution is 2.37. The van der Waals surface area contributed by atoms with Crippen LogP contribution in [0.5, 0.6) is 11.5 Å². The summed E-state index contributed by atoms with van der Waals surface area (Å²) < 4.78 is 15.9.